The van der Waals surface area contributed by atoms with Crippen LogP contribution in [-0.2, 0) is 55.4 Å². The average molecular weight is 771 g/mol. The van der Waals surface area contributed by atoms with Crippen LogP contribution in [0.25, 0.3) is 11.1 Å². The second-order valence-electron chi connectivity index (χ2n) is 13.6. The third-order valence-electron chi connectivity index (χ3n) is 11.0. The minimum Gasteiger partial charge on any atom is -0.323 e. The maximum Gasteiger partial charge on any atom is 0.279 e. The second-order valence-corrected chi connectivity index (χ2v) is 16.9. The number of rotatable bonds is 9. The first kappa shape index (κ1) is 38.7. The van der Waals surface area contributed by atoms with Crippen molar-refractivity contribution in [3.05, 3.63) is 128 Å². The lowest BCUT2D eigenvalue weighted by Crippen LogP contribution is -2.47. The zero-order valence-corrected chi connectivity index (χ0v) is 32.0. The van der Waals surface area contributed by atoms with Gasteiger partial charge in [-0.05, 0) is 81.3 Å². The molecule has 282 valence electrons. The molecule has 0 heterocycles. The molecule has 6 rings (SSSR count). The first-order chi connectivity index (χ1) is 25.6. The molecule has 54 heavy (non-hydrogen) atoms. The topological polar surface area (TPSA) is 220 Å². The fraction of sp³-hybridized carbons (Fsp3) is 0.300. The summed E-state index contributed by atoms with van der Waals surface area (Å²) < 4.78 is 73.3. The van der Waals surface area contributed by atoms with Crippen LogP contribution in [0.2, 0.25) is 0 Å². The number of nitrogens with two attached hydrogens (primary N) is 2. The Morgan fingerprint density at radius 3 is 1.13 bits per heavy atom. The Labute approximate surface area is 314 Å². The molecule has 2 aliphatic carbocycles. The smallest absolute Gasteiger partial charge is 0.279 e. The van der Waals surface area contributed by atoms with Gasteiger partial charge in [0.15, 0.2) is 9.49 Å². The highest BCUT2D eigenvalue weighted by Crippen LogP contribution is 2.51. The van der Waals surface area contributed by atoms with E-state index in [2.05, 4.69) is 10.2 Å². The van der Waals surface area contributed by atoms with E-state index in [1.54, 1.807) is 24.3 Å². The van der Waals surface area contributed by atoms with Gasteiger partial charge in [-0.1, -0.05) is 100 Å². The van der Waals surface area contributed by atoms with E-state index in [1.807, 2.05) is 52.0 Å². The minimum absolute atomic E-state index is 0.0797. The lowest BCUT2D eigenvalue weighted by Gasteiger charge is -2.39. The summed E-state index contributed by atoms with van der Waals surface area (Å²) in [5.74, 6) is 10.3. The molecule has 0 amide bonds. The maximum atomic E-state index is 13.8. The monoisotopic (exact) mass is 770 g/mol. The predicted molar refractivity (Wildman–Crippen MR) is 208 cm³/mol. The van der Waals surface area contributed by atoms with Crippen molar-refractivity contribution in [1.82, 2.24) is 0 Å². The molecule has 2 unspecified atom stereocenters. The number of carbonyl (C=O) groups excluding carboxylic acids is 2. The summed E-state index contributed by atoms with van der Waals surface area (Å²) >= 11 is 0. The maximum absolute atomic E-state index is 13.8. The molecule has 2 atom stereocenters. The molecule has 2 aliphatic rings. The van der Waals surface area contributed by atoms with Crippen molar-refractivity contribution in [1.29, 1.82) is 0 Å². The van der Waals surface area contributed by atoms with Crippen molar-refractivity contribution in [2.24, 2.45) is 21.9 Å². The fourth-order valence-corrected chi connectivity index (χ4v) is 11.2. The van der Waals surface area contributed by atoms with E-state index in [9.17, 15) is 35.5 Å². The number of benzene rings is 4. The summed E-state index contributed by atoms with van der Waals surface area (Å²) in [5, 5.41) is 7.34. The molecule has 14 heteroatoms. The molecule has 0 spiro atoms. The van der Waals surface area contributed by atoms with Crippen LogP contribution in [0, 0.1) is 0 Å². The van der Waals surface area contributed by atoms with E-state index >= 15 is 0 Å². The molecule has 12 nitrogen and oxygen atoms in total. The van der Waals surface area contributed by atoms with Gasteiger partial charge in [0.05, 0.1) is 0 Å². The molecule has 4 aromatic carbocycles. The van der Waals surface area contributed by atoms with E-state index < -0.39 is 54.1 Å². The van der Waals surface area contributed by atoms with Crippen molar-refractivity contribution in [3.63, 3.8) is 0 Å². The van der Waals surface area contributed by atoms with Crippen molar-refractivity contribution < 1.29 is 35.5 Å². The van der Waals surface area contributed by atoms with Crippen molar-refractivity contribution in [2.45, 2.75) is 75.7 Å². The van der Waals surface area contributed by atoms with Gasteiger partial charge < -0.3 is 11.7 Å². The number of hydrazone groups is 2. The van der Waals surface area contributed by atoms with Crippen LogP contribution in [0.3, 0.4) is 0 Å². The molecular weight excluding hydrogens is 729 g/mol. The summed E-state index contributed by atoms with van der Waals surface area (Å²) in [6.07, 6.45) is 0.432. The largest absolute Gasteiger partial charge is 0.323 e. The number of hydrogen-bond acceptors (Lipinski definition) is 10. The highest BCUT2D eigenvalue weighted by atomic mass is 32.2. The number of fused-ring (bicyclic) bond motifs is 2. The van der Waals surface area contributed by atoms with Crippen molar-refractivity contribution in [3.8, 4) is 11.1 Å². The molecule has 0 saturated heterocycles. The molecule has 0 aliphatic heterocycles. The Bertz CT molecular complexity index is 2300. The molecule has 4 aromatic rings. The molecule has 0 saturated carbocycles. The standard InChI is InChI=1S/C40H42N4O8S2/c1-5-23-17-27(18-24(6-2)35(23)39(53(47,48)49)21-33(43-41)37(45)29-13-9-11-15-31(29)39)28-19-25(7-3)36(26(8-4)20-28)40(54(50,51)52)22-34(44-42)38(46)30-14-10-12-16-32(30)40/h9-20H,5-8,21-22,41-42H2,1-4H3,(H,47,48,49)(H,50,51,52)/b43-33-,44-34+. The van der Waals surface area contributed by atoms with Gasteiger partial charge in [0.1, 0.15) is 11.4 Å². The number of aryl methyl sites for hydroxylation is 4. The number of ketones is 2. The lowest BCUT2D eigenvalue weighted by atomic mass is 9.71. The normalized spacial score (nSPS) is 21.7. The Balaban J connectivity index is 1.66. The van der Waals surface area contributed by atoms with E-state index in [-0.39, 0.29) is 33.7 Å². The zero-order chi connectivity index (χ0) is 39.4. The first-order valence-electron chi connectivity index (χ1n) is 17.7. The van der Waals surface area contributed by atoms with Gasteiger partial charge in [-0.15, -0.1) is 0 Å². The van der Waals surface area contributed by atoms with Gasteiger partial charge in [0.2, 0.25) is 11.6 Å². The van der Waals surface area contributed by atoms with Crippen LogP contribution in [0.4, 0.5) is 0 Å². The van der Waals surface area contributed by atoms with Gasteiger partial charge in [0, 0.05) is 24.0 Å². The summed E-state index contributed by atoms with van der Waals surface area (Å²) in [6.45, 7) is 7.46. The van der Waals surface area contributed by atoms with Gasteiger partial charge in [-0.2, -0.15) is 27.0 Å². The van der Waals surface area contributed by atoms with Crippen LogP contribution in [-0.4, -0.2) is 48.9 Å². The molecule has 0 aromatic heterocycles. The van der Waals surface area contributed by atoms with Crippen LogP contribution in [0.1, 0.15) is 106 Å². The van der Waals surface area contributed by atoms with Crippen molar-refractivity contribution in [2.75, 3.05) is 0 Å². The number of Topliss-reactive ketones (excluding diaryl/α,β-unsaturated/α-hetero) is 2. The van der Waals surface area contributed by atoms with Crippen LogP contribution in [0.15, 0.2) is 83.0 Å². The number of nitrogens with zero attached hydrogens (tertiary/aromatic N) is 2. The Morgan fingerprint density at radius 2 is 0.870 bits per heavy atom. The molecule has 0 fully saturated rings. The van der Waals surface area contributed by atoms with Gasteiger partial charge in [-0.3, -0.25) is 18.7 Å². The number of carbonyl (C=O) groups is 2. The van der Waals surface area contributed by atoms with Gasteiger partial charge >= 0.3 is 0 Å². The minimum atomic E-state index is -4.97. The molecule has 0 radical (unpaired) electrons. The van der Waals surface area contributed by atoms with Gasteiger partial charge in [-0.25, -0.2) is 0 Å². The predicted octanol–water partition coefficient (Wildman–Crippen LogP) is 5.67. The lowest BCUT2D eigenvalue weighted by molar-refractivity contribution is 0.105. The quantitative estimate of drug-likeness (QED) is 0.0928. The second kappa shape index (κ2) is 14.0. The van der Waals surface area contributed by atoms with E-state index in [4.69, 9.17) is 11.7 Å². The average Bonchev–Trinajstić information content (AvgIpc) is 3.16. The Hall–Kier alpha value is -5.02. The molecule has 6 N–H and O–H groups in total. The summed E-state index contributed by atoms with van der Waals surface area (Å²) in [4.78, 5) is 26.7. The third kappa shape index (κ3) is 5.62. The fourth-order valence-electron chi connectivity index (χ4n) is 8.59. The molecular formula is C40H42N4O8S2. The van der Waals surface area contributed by atoms with Crippen LogP contribution >= 0.6 is 0 Å². The first-order valence-corrected chi connectivity index (χ1v) is 20.6. The molecule has 0 bridgehead atoms. The Morgan fingerprint density at radius 1 is 0.574 bits per heavy atom. The SMILES string of the molecule is CCc1cc(-c2cc(CC)c(C3(S(=O)(=O)O)C/C(=N\N)C(=O)c4ccccc43)c(CC)c2)cc(CC)c1C1(S(=O)(=O)O)C/C(=N/N)C(=O)c2ccccc21. The highest BCUT2D eigenvalue weighted by Gasteiger charge is 2.56. The summed E-state index contributed by atoms with van der Waals surface area (Å²) in [7, 11) is -9.94. The Kier molecular flexibility index (Phi) is 10.0. The summed E-state index contributed by atoms with van der Waals surface area (Å²) in [5.41, 5.74) is 4.53. The van der Waals surface area contributed by atoms with Crippen molar-refractivity contribution >= 4 is 43.2 Å². The number of hydrogen-bond donors (Lipinski definition) is 4. The summed E-state index contributed by atoms with van der Waals surface area (Å²) in [6, 6.07) is 19.9. The highest BCUT2D eigenvalue weighted by molar-refractivity contribution is 7.87. The van der Waals surface area contributed by atoms with Gasteiger partial charge in [0.25, 0.3) is 20.2 Å². The third-order valence-corrected chi connectivity index (χ3v) is 13.9. The van der Waals surface area contributed by atoms with E-state index in [1.165, 1.54) is 24.3 Å². The zero-order valence-electron chi connectivity index (χ0n) is 30.4. The van der Waals surface area contributed by atoms with E-state index in [0.29, 0.717) is 70.2 Å². The van der Waals surface area contributed by atoms with Crippen LogP contribution < -0.4 is 11.7 Å². The van der Waals surface area contributed by atoms with E-state index in [0.717, 1.165) is 0 Å². The van der Waals surface area contributed by atoms with Crippen LogP contribution in [0.5, 0.6) is 0 Å².